The Balaban J connectivity index is 1.38. The van der Waals surface area contributed by atoms with Gasteiger partial charge in [-0.1, -0.05) is 6.07 Å². The summed E-state index contributed by atoms with van der Waals surface area (Å²) < 4.78 is 7.32. The van der Waals surface area contributed by atoms with Gasteiger partial charge >= 0.3 is 0 Å². The molecule has 9 nitrogen and oxygen atoms in total. The average molecular weight is 416 g/mol. The Hall–Kier alpha value is -3.59. The molecule has 0 spiro atoms. The van der Waals surface area contributed by atoms with Crippen LogP contribution in [-0.4, -0.2) is 75.2 Å². The van der Waals surface area contributed by atoms with Gasteiger partial charge < -0.3 is 14.5 Å². The maximum absolute atomic E-state index is 5.53. The molecule has 4 aromatic rings. The van der Waals surface area contributed by atoms with Crippen LogP contribution in [0.15, 0.2) is 42.9 Å². The summed E-state index contributed by atoms with van der Waals surface area (Å²) in [5.74, 6) is 1.41. The van der Waals surface area contributed by atoms with Crippen molar-refractivity contribution in [1.82, 2.24) is 34.8 Å². The lowest BCUT2D eigenvalue weighted by molar-refractivity contribution is 0.311. The third-order valence-corrected chi connectivity index (χ3v) is 5.60. The molecule has 0 aliphatic carbocycles. The van der Waals surface area contributed by atoms with Gasteiger partial charge in [-0.15, -0.1) is 10.2 Å². The molecule has 0 radical (unpaired) electrons. The number of hydrogen-bond donors (Lipinski definition) is 0. The molecule has 1 aliphatic heterocycles. The van der Waals surface area contributed by atoms with Crippen molar-refractivity contribution >= 4 is 16.9 Å². The number of pyridine rings is 1. The van der Waals surface area contributed by atoms with Crippen molar-refractivity contribution in [3.63, 3.8) is 0 Å². The van der Waals surface area contributed by atoms with Crippen LogP contribution < -0.4 is 9.64 Å². The Morgan fingerprint density at radius 2 is 1.71 bits per heavy atom. The average Bonchev–Trinajstić information content (AvgIpc) is 3.19. The summed E-state index contributed by atoms with van der Waals surface area (Å²) in [6.45, 7) is 3.83. The largest absolute Gasteiger partial charge is 0.494 e. The van der Waals surface area contributed by atoms with Crippen LogP contribution >= 0.6 is 0 Å². The number of aromatic nitrogens is 6. The second-order valence-electron chi connectivity index (χ2n) is 7.78. The number of piperazine rings is 1. The first-order valence-corrected chi connectivity index (χ1v) is 10.2. The summed E-state index contributed by atoms with van der Waals surface area (Å²) in [7, 11) is 5.69. The van der Waals surface area contributed by atoms with Crippen LogP contribution in [0, 0.1) is 0 Å². The molecule has 9 heteroatoms. The zero-order valence-corrected chi connectivity index (χ0v) is 17.9. The highest BCUT2D eigenvalue weighted by Gasteiger charge is 2.17. The van der Waals surface area contributed by atoms with Gasteiger partial charge in [0.25, 0.3) is 0 Å². The van der Waals surface area contributed by atoms with E-state index in [0.717, 1.165) is 59.7 Å². The van der Waals surface area contributed by atoms with E-state index in [1.807, 2.05) is 37.6 Å². The third-order valence-electron chi connectivity index (χ3n) is 5.60. The molecule has 0 saturated carbocycles. The smallest absolute Gasteiger partial charge is 0.245 e. The molecular formula is C22H24N8O. The molecule has 1 saturated heterocycles. The minimum absolute atomic E-state index is 0.657. The molecule has 0 atom stereocenters. The summed E-state index contributed by atoms with van der Waals surface area (Å²) in [6.07, 6.45) is 5.56. The molecule has 0 bridgehead atoms. The van der Waals surface area contributed by atoms with Crippen LogP contribution in [0.4, 0.5) is 5.95 Å². The molecule has 31 heavy (non-hydrogen) atoms. The third kappa shape index (κ3) is 3.79. The second kappa shape index (κ2) is 7.92. The zero-order chi connectivity index (χ0) is 21.4. The highest BCUT2D eigenvalue weighted by atomic mass is 16.5. The van der Waals surface area contributed by atoms with Crippen LogP contribution in [0.25, 0.3) is 33.4 Å². The van der Waals surface area contributed by atoms with Crippen LogP contribution in [-0.2, 0) is 7.05 Å². The van der Waals surface area contributed by atoms with E-state index < -0.39 is 0 Å². The molecular weight excluding hydrogens is 392 g/mol. The summed E-state index contributed by atoms with van der Waals surface area (Å²) in [6, 6.07) is 8.04. The first kappa shape index (κ1) is 19.4. The van der Waals surface area contributed by atoms with Gasteiger partial charge in [0.1, 0.15) is 17.0 Å². The predicted molar refractivity (Wildman–Crippen MR) is 119 cm³/mol. The van der Waals surface area contributed by atoms with Gasteiger partial charge in [0.05, 0.1) is 19.0 Å². The minimum Gasteiger partial charge on any atom is -0.494 e. The predicted octanol–water partition coefficient (Wildman–Crippen LogP) is 2.25. The molecule has 0 amide bonds. The monoisotopic (exact) mass is 416 g/mol. The van der Waals surface area contributed by atoms with Crippen LogP contribution in [0.2, 0.25) is 0 Å². The number of methoxy groups -OCH3 is 1. The Morgan fingerprint density at radius 1 is 0.871 bits per heavy atom. The van der Waals surface area contributed by atoms with Crippen molar-refractivity contribution in [2.75, 3.05) is 45.2 Å². The van der Waals surface area contributed by atoms with Crippen molar-refractivity contribution in [2.24, 2.45) is 7.05 Å². The summed E-state index contributed by atoms with van der Waals surface area (Å²) in [4.78, 5) is 13.6. The molecule has 5 rings (SSSR count). The minimum atomic E-state index is 0.657. The highest BCUT2D eigenvalue weighted by Crippen LogP contribution is 2.31. The molecule has 158 valence electrons. The fourth-order valence-corrected chi connectivity index (χ4v) is 3.80. The van der Waals surface area contributed by atoms with Crippen LogP contribution in [0.3, 0.4) is 0 Å². The van der Waals surface area contributed by atoms with Crippen molar-refractivity contribution in [3.8, 4) is 28.3 Å². The van der Waals surface area contributed by atoms with E-state index >= 15 is 0 Å². The Morgan fingerprint density at radius 3 is 2.39 bits per heavy atom. The Kier molecular flexibility index (Phi) is 4.95. The number of hydrogen-bond acceptors (Lipinski definition) is 8. The van der Waals surface area contributed by atoms with Gasteiger partial charge in [-0.05, 0) is 30.8 Å². The molecule has 0 N–H and O–H groups in total. The zero-order valence-electron chi connectivity index (χ0n) is 17.9. The van der Waals surface area contributed by atoms with Gasteiger partial charge in [0.2, 0.25) is 5.95 Å². The second-order valence-corrected chi connectivity index (χ2v) is 7.78. The Labute approximate surface area is 180 Å². The van der Waals surface area contributed by atoms with E-state index in [1.165, 1.54) is 0 Å². The maximum Gasteiger partial charge on any atom is 0.245 e. The van der Waals surface area contributed by atoms with Gasteiger partial charge in [0, 0.05) is 56.6 Å². The molecule has 0 unspecified atom stereocenters. The molecule has 4 heterocycles. The topological polar surface area (TPSA) is 85.1 Å². The van der Waals surface area contributed by atoms with Gasteiger partial charge in [-0.25, -0.2) is 4.98 Å². The number of likely N-dealkylation sites (N-methyl/N-ethyl adjacent to an activating group) is 1. The summed E-state index contributed by atoms with van der Waals surface area (Å²) >= 11 is 0. The van der Waals surface area contributed by atoms with E-state index in [9.17, 15) is 0 Å². The SMILES string of the molecule is COc1cc(-c2ccc(-c3cnc(N4CCN(C)CC4)nn3)nc2)cc2cn(C)nc12. The fraction of sp³-hybridized carbons (Fsp3) is 0.318. The fourth-order valence-electron chi connectivity index (χ4n) is 3.80. The van der Waals surface area contributed by atoms with Gasteiger partial charge in [0.15, 0.2) is 0 Å². The number of rotatable bonds is 4. The molecule has 3 aromatic heterocycles. The summed E-state index contributed by atoms with van der Waals surface area (Å²) in [5, 5.41) is 14.2. The lowest BCUT2D eigenvalue weighted by Gasteiger charge is -2.31. The van der Waals surface area contributed by atoms with Crippen molar-refractivity contribution in [2.45, 2.75) is 0 Å². The van der Waals surface area contributed by atoms with E-state index in [0.29, 0.717) is 11.6 Å². The van der Waals surface area contributed by atoms with Gasteiger partial charge in [-0.2, -0.15) is 5.10 Å². The summed E-state index contributed by atoms with van der Waals surface area (Å²) in [5.41, 5.74) is 4.25. The lowest BCUT2D eigenvalue weighted by atomic mass is 10.0. The van der Waals surface area contributed by atoms with Crippen molar-refractivity contribution in [3.05, 3.63) is 42.9 Å². The Bertz CT molecular complexity index is 1190. The number of aryl methyl sites for hydroxylation is 1. The van der Waals surface area contributed by atoms with E-state index in [1.54, 1.807) is 18.0 Å². The number of benzene rings is 1. The molecule has 1 fully saturated rings. The highest BCUT2D eigenvalue weighted by molar-refractivity contribution is 5.89. The molecule has 1 aromatic carbocycles. The first-order valence-electron chi connectivity index (χ1n) is 10.2. The van der Waals surface area contributed by atoms with Crippen LogP contribution in [0.1, 0.15) is 0 Å². The van der Waals surface area contributed by atoms with Crippen molar-refractivity contribution < 1.29 is 4.74 Å². The number of anilines is 1. The van der Waals surface area contributed by atoms with Crippen molar-refractivity contribution in [1.29, 1.82) is 0 Å². The lowest BCUT2D eigenvalue weighted by Crippen LogP contribution is -2.45. The van der Waals surface area contributed by atoms with Crippen LogP contribution in [0.5, 0.6) is 5.75 Å². The number of nitrogens with zero attached hydrogens (tertiary/aromatic N) is 8. The normalized spacial score (nSPS) is 14.9. The standard InChI is InChI=1S/C22H24N8O/c1-28-6-8-30(9-7-28)22-24-13-19(25-26-22)18-5-4-15(12-23-18)16-10-17-14-29(2)27-21(17)20(11-16)31-3/h4-5,10-14H,6-9H2,1-3H3. The number of ether oxygens (including phenoxy) is 1. The van der Waals surface area contributed by atoms with E-state index in [-0.39, 0.29) is 0 Å². The van der Waals surface area contributed by atoms with E-state index in [4.69, 9.17) is 4.74 Å². The molecule has 1 aliphatic rings. The van der Waals surface area contributed by atoms with E-state index in [2.05, 4.69) is 48.2 Å². The quantitative estimate of drug-likeness (QED) is 0.501. The maximum atomic E-state index is 5.53. The first-order chi connectivity index (χ1) is 15.1. The van der Waals surface area contributed by atoms with Gasteiger partial charge in [-0.3, -0.25) is 9.67 Å². The number of fused-ring (bicyclic) bond motifs is 1.